The van der Waals surface area contributed by atoms with Crippen LogP contribution in [0.4, 0.5) is 0 Å². The molecule has 0 aliphatic heterocycles. The third-order valence-electron chi connectivity index (χ3n) is 2.96. The molecule has 0 N–H and O–H groups in total. The summed E-state index contributed by atoms with van der Waals surface area (Å²) >= 11 is 0. The van der Waals surface area contributed by atoms with Crippen LogP contribution < -0.4 is 0 Å². The fourth-order valence-electron chi connectivity index (χ4n) is 2.08. The first kappa shape index (κ1) is 13.0. The van der Waals surface area contributed by atoms with E-state index >= 15 is 0 Å². The van der Waals surface area contributed by atoms with Crippen molar-refractivity contribution >= 4 is 5.78 Å². The molecule has 1 nitrogen and oxygen atoms in total. The van der Waals surface area contributed by atoms with Crippen molar-refractivity contribution in [1.82, 2.24) is 0 Å². The number of rotatable bonds is 4. The van der Waals surface area contributed by atoms with Gasteiger partial charge >= 0.3 is 0 Å². The molecule has 0 spiro atoms. The maximum absolute atomic E-state index is 12.0. The van der Waals surface area contributed by atoms with E-state index < -0.39 is 0 Å². The van der Waals surface area contributed by atoms with Crippen LogP contribution in [0, 0.1) is 18.3 Å². The van der Waals surface area contributed by atoms with Gasteiger partial charge in [0.2, 0.25) is 0 Å². The van der Waals surface area contributed by atoms with Gasteiger partial charge in [0.25, 0.3) is 0 Å². The molecular weight excluding hydrogens is 196 g/mol. The third-order valence-corrected chi connectivity index (χ3v) is 2.96. The van der Waals surface area contributed by atoms with E-state index in [4.69, 9.17) is 0 Å². The Morgan fingerprint density at radius 2 is 1.69 bits per heavy atom. The molecule has 0 unspecified atom stereocenters. The first-order chi connectivity index (χ1) is 7.33. The highest BCUT2D eigenvalue weighted by molar-refractivity contribution is 5.86. The minimum atomic E-state index is -0.260. The van der Waals surface area contributed by atoms with Crippen LogP contribution in [0.1, 0.15) is 38.8 Å². The lowest BCUT2D eigenvalue weighted by atomic mass is 9.77. The molecule has 0 aliphatic carbocycles. The largest absolute Gasteiger partial charge is 0.299 e. The van der Waals surface area contributed by atoms with Crippen molar-refractivity contribution in [2.75, 3.05) is 0 Å². The van der Waals surface area contributed by atoms with Gasteiger partial charge in [-0.3, -0.25) is 4.79 Å². The summed E-state index contributed by atoms with van der Waals surface area (Å²) in [5.74, 6) is 0.452. The Kier molecular flexibility index (Phi) is 3.90. The maximum atomic E-state index is 12.0. The van der Waals surface area contributed by atoms with Crippen molar-refractivity contribution in [2.24, 2.45) is 11.3 Å². The summed E-state index contributed by atoms with van der Waals surface area (Å²) in [6.07, 6.45) is 0.824. The molecule has 1 heteroatoms. The van der Waals surface area contributed by atoms with E-state index in [0.29, 0.717) is 5.78 Å². The van der Waals surface area contributed by atoms with E-state index in [1.54, 1.807) is 0 Å². The Morgan fingerprint density at radius 3 is 2.12 bits per heavy atom. The standard InChI is InChI=1S/C15H22O/c1-11(2)14(16)15(4,5)10-13-8-6-12(3)7-9-13/h6-9,11H,10H2,1-5H3. The summed E-state index contributed by atoms with van der Waals surface area (Å²) in [4.78, 5) is 12.0. The monoisotopic (exact) mass is 218 g/mol. The second-order valence-corrected chi connectivity index (χ2v) is 5.57. The molecule has 0 aromatic heterocycles. The molecule has 0 radical (unpaired) electrons. The average molecular weight is 218 g/mol. The summed E-state index contributed by atoms with van der Waals surface area (Å²) in [5.41, 5.74) is 2.24. The summed E-state index contributed by atoms with van der Waals surface area (Å²) in [6, 6.07) is 8.44. The first-order valence-electron chi connectivity index (χ1n) is 5.93. The normalized spacial score (nSPS) is 11.9. The highest BCUT2D eigenvalue weighted by Crippen LogP contribution is 2.26. The zero-order valence-corrected chi connectivity index (χ0v) is 11.0. The van der Waals surface area contributed by atoms with Crippen molar-refractivity contribution in [3.63, 3.8) is 0 Å². The molecule has 0 heterocycles. The van der Waals surface area contributed by atoms with Crippen LogP contribution in [-0.4, -0.2) is 5.78 Å². The Balaban J connectivity index is 2.80. The lowest BCUT2D eigenvalue weighted by Crippen LogP contribution is -2.30. The number of aryl methyl sites for hydroxylation is 1. The van der Waals surface area contributed by atoms with E-state index in [1.165, 1.54) is 11.1 Å². The summed E-state index contributed by atoms with van der Waals surface area (Å²) in [5, 5.41) is 0. The fraction of sp³-hybridized carbons (Fsp3) is 0.533. The second kappa shape index (κ2) is 4.82. The number of benzene rings is 1. The van der Waals surface area contributed by atoms with Crippen molar-refractivity contribution in [2.45, 2.75) is 41.0 Å². The SMILES string of the molecule is Cc1ccc(CC(C)(C)C(=O)C(C)C)cc1. The van der Waals surface area contributed by atoms with E-state index in [9.17, 15) is 4.79 Å². The number of hydrogen-bond donors (Lipinski definition) is 0. The summed E-state index contributed by atoms with van der Waals surface area (Å²) in [6.45, 7) is 10.1. The molecule has 1 rings (SSSR count). The van der Waals surface area contributed by atoms with Gasteiger partial charge in [0, 0.05) is 11.3 Å². The average Bonchev–Trinajstić information content (AvgIpc) is 2.20. The number of Topliss-reactive ketones (excluding diaryl/α,β-unsaturated/α-hetero) is 1. The van der Waals surface area contributed by atoms with Crippen molar-refractivity contribution in [1.29, 1.82) is 0 Å². The lowest BCUT2D eigenvalue weighted by Gasteiger charge is -2.25. The van der Waals surface area contributed by atoms with Crippen molar-refractivity contribution < 1.29 is 4.79 Å². The van der Waals surface area contributed by atoms with Gasteiger partial charge < -0.3 is 0 Å². The topological polar surface area (TPSA) is 17.1 Å². The van der Waals surface area contributed by atoms with E-state index in [1.807, 2.05) is 27.7 Å². The molecule has 0 amide bonds. The van der Waals surface area contributed by atoms with Gasteiger partial charge in [0.1, 0.15) is 5.78 Å². The van der Waals surface area contributed by atoms with Gasteiger partial charge in [-0.2, -0.15) is 0 Å². The van der Waals surface area contributed by atoms with Crippen LogP contribution >= 0.6 is 0 Å². The molecule has 1 aromatic carbocycles. The maximum Gasteiger partial charge on any atom is 0.141 e. The van der Waals surface area contributed by atoms with Crippen molar-refractivity contribution in [3.05, 3.63) is 35.4 Å². The highest BCUT2D eigenvalue weighted by Gasteiger charge is 2.29. The Labute approximate surface area is 98.9 Å². The second-order valence-electron chi connectivity index (χ2n) is 5.57. The number of ketones is 1. The van der Waals surface area contributed by atoms with E-state index in [2.05, 4.69) is 31.2 Å². The quantitative estimate of drug-likeness (QED) is 0.751. The van der Waals surface area contributed by atoms with Gasteiger partial charge in [0.05, 0.1) is 0 Å². The lowest BCUT2D eigenvalue weighted by molar-refractivity contribution is -0.130. The summed E-state index contributed by atoms with van der Waals surface area (Å²) in [7, 11) is 0. The number of hydrogen-bond acceptors (Lipinski definition) is 1. The predicted octanol–water partition coefficient (Wildman–Crippen LogP) is 3.79. The minimum Gasteiger partial charge on any atom is -0.299 e. The smallest absolute Gasteiger partial charge is 0.141 e. The van der Waals surface area contributed by atoms with Crippen LogP contribution in [-0.2, 0) is 11.2 Å². The van der Waals surface area contributed by atoms with Gasteiger partial charge in [-0.1, -0.05) is 57.5 Å². The molecule has 0 saturated heterocycles. The molecule has 0 atom stereocenters. The molecule has 0 aliphatic rings. The van der Waals surface area contributed by atoms with Crippen LogP contribution in [0.2, 0.25) is 0 Å². The number of carbonyl (C=O) groups is 1. The molecule has 0 fully saturated rings. The van der Waals surface area contributed by atoms with Crippen LogP contribution in [0.15, 0.2) is 24.3 Å². The zero-order chi connectivity index (χ0) is 12.3. The molecule has 88 valence electrons. The van der Waals surface area contributed by atoms with Crippen LogP contribution in [0.3, 0.4) is 0 Å². The van der Waals surface area contributed by atoms with Crippen LogP contribution in [0.5, 0.6) is 0 Å². The first-order valence-corrected chi connectivity index (χ1v) is 5.93. The Morgan fingerprint density at radius 1 is 1.19 bits per heavy atom. The van der Waals surface area contributed by atoms with Crippen LogP contribution in [0.25, 0.3) is 0 Å². The van der Waals surface area contributed by atoms with Gasteiger partial charge in [-0.15, -0.1) is 0 Å². The van der Waals surface area contributed by atoms with Gasteiger partial charge in [0.15, 0.2) is 0 Å². The molecule has 16 heavy (non-hydrogen) atoms. The highest BCUT2D eigenvalue weighted by atomic mass is 16.1. The third kappa shape index (κ3) is 3.19. The van der Waals surface area contributed by atoms with E-state index in [-0.39, 0.29) is 11.3 Å². The fourth-order valence-corrected chi connectivity index (χ4v) is 2.08. The van der Waals surface area contributed by atoms with Crippen molar-refractivity contribution in [3.8, 4) is 0 Å². The Hall–Kier alpha value is -1.11. The predicted molar refractivity (Wildman–Crippen MR) is 68.5 cm³/mol. The Bertz CT molecular complexity index is 358. The number of carbonyl (C=O) groups excluding carboxylic acids is 1. The molecule has 0 saturated carbocycles. The molecule has 1 aromatic rings. The zero-order valence-electron chi connectivity index (χ0n) is 11.0. The van der Waals surface area contributed by atoms with E-state index in [0.717, 1.165) is 6.42 Å². The van der Waals surface area contributed by atoms with Gasteiger partial charge in [-0.25, -0.2) is 0 Å². The minimum absolute atomic E-state index is 0.112. The summed E-state index contributed by atoms with van der Waals surface area (Å²) < 4.78 is 0. The molecule has 0 bridgehead atoms. The van der Waals surface area contributed by atoms with Gasteiger partial charge in [-0.05, 0) is 18.9 Å². The molecular formula is C15H22O.